The fourth-order valence-corrected chi connectivity index (χ4v) is 3.27. The van der Waals surface area contributed by atoms with Gasteiger partial charge in [0.15, 0.2) is 5.69 Å². The Morgan fingerprint density at radius 1 is 1.43 bits per heavy atom. The Bertz CT molecular complexity index is 487. The Labute approximate surface area is 126 Å². The second kappa shape index (κ2) is 7.87. The summed E-state index contributed by atoms with van der Waals surface area (Å²) >= 11 is 1.91. The molecule has 1 aromatic rings. The normalized spacial score (nSPS) is 18.2. The molecule has 0 saturated carbocycles. The average Bonchev–Trinajstić information content (AvgIpc) is 2.95. The lowest BCUT2D eigenvalue weighted by molar-refractivity contribution is 0.0690. The van der Waals surface area contributed by atoms with E-state index in [0.29, 0.717) is 24.9 Å². The summed E-state index contributed by atoms with van der Waals surface area (Å²) in [4.78, 5) is 22.3. The van der Waals surface area contributed by atoms with E-state index in [4.69, 9.17) is 5.11 Å². The van der Waals surface area contributed by atoms with E-state index in [1.54, 1.807) is 0 Å². The van der Waals surface area contributed by atoms with Gasteiger partial charge in [-0.05, 0) is 18.6 Å². The number of rotatable bonds is 6. The predicted octanol–water partition coefficient (Wildman–Crippen LogP) is 0.561. The first-order valence-corrected chi connectivity index (χ1v) is 7.97. The summed E-state index contributed by atoms with van der Waals surface area (Å²) in [7, 11) is 0. The molecule has 2 heterocycles. The summed E-state index contributed by atoms with van der Waals surface area (Å²) in [5.41, 5.74) is -0.103. The van der Waals surface area contributed by atoms with Gasteiger partial charge in [0.05, 0.1) is 12.7 Å². The van der Waals surface area contributed by atoms with E-state index >= 15 is 0 Å². The number of carboxylic acids is 1. The van der Waals surface area contributed by atoms with Crippen molar-refractivity contribution in [1.29, 1.82) is 0 Å². The number of thioether (sulfide) groups is 1. The fourth-order valence-electron chi connectivity index (χ4n) is 2.03. The van der Waals surface area contributed by atoms with Crippen molar-refractivity contribution in [3.8, 4) is 0 Å². The molecule has 1 aromatic heterocycles. The molecule has 0 aliphatic carbocycles. The molecular weight excluding hydrogens is 294 g/mol. The molecule has 2 amide bonds. The van der Waals surface area contributed by atoms with E-state index < -0.39 is 5.97 Å². The van der Waals surface area contributed by atoms with Gasteiger partial charge in [0.25, 0.3) is 0 Å². The number of nitrogens with one attached hydrogen (secondary N) is 2. The van der Waals surface area contributed by atoms with E-state index in [1.165, 1.54) is 29.5 Å². The van der Waals surface area contributed by atoms with Crippen LogP contribution in [0.5, 0.6) is 0 Å². The summed E-state index contributed by atoms with van der Waals surface area (Å²) in [6.07, 6.45) is 4.99. The Hall–Kier alpha value is -1.77. The number of carbonyl (C=O) groups excluding carboxylic acids is 1. The lowest BCUT2D eigenvalue weighted by Crippen LogP contribution is -2.40. The Balaban J connectivity index is 1.61. The first-order chi connectivity index (χ1) is 10.1. The molecule has 3 N–H and O–H groups in total. The minimum absolute atomic E-state index is 0.103. The predicted molar refractivity (Wildman–Crippen MR) is 78.5 cm³/mol. The summed E-state index contributed by atoms with van der Waals surface area (Å²) in [5.74, 6) is 0.0588. The maximum Gasteiger partial charge on any atom is 0.358 e. The fraction of sp³-hybridized carbons (Fsp3) is 0.667. The van der Waals surface area contributed by atoms with Crippen molar-refractivity contribution < 1.29 is 14.7 Å². The zero-order valence-electron chi connectivity index (χ0n) is 11.6. The van der Waals surface area contributed by atoms with Gasteiger partial charge in [0.1, 0.15) is 0 Å². The van der Waals surface area contributed by atoms with Crippen LogP contribution in [0.4, 0.5) is 4.79 Å². The highest BCUT2D eigenvalue weighted by molar-refractivity contribution is 7.99. The first-order valence-electron chi connectivity index (χ1n) is 6.92. The molecule has 1 atom stereocenters. The highest BCUT2D eigenvalue weighted by Crippen LogP contribution is 2.24. The minimum Gasteiger partial charge on any atom is -0.476 e. The van der Waals surface area contributed by atoms with Crippen molar-refractivity contribution in [2.45, 2.75) is 31.1 Å². The molecule has 0 radical (unpaired) electrons. The van der Waals surface area contributed by atoms with Crippen LogP contribution in [0.3, 0.4) is 0 Å². The highest BCUT2D eigenvalue weighted by Gasteiger charge is 2.14. The Morgan fingerprint density at radius 3 is 2.95 bits per heavy atom. The lowest BCUT2D eigenvalue weighted by atomic mass is 10.2. The van der Waals surface area contributed by atoms with Crippen LogP contribution in [0, 0.1) is 0 Å². The minimum atomic E-state index is -1.11. The molecule has 1 unspecified atom stereocenters. The van der Waals surface area contributed by atoms with Gasteiger partial charge in [0.2, 0.25) is 0 Å². The Kier molecular flexibility index (Phi) is 5.85. The van der Waals surface area contributed by atoms with Crippen molar-refractivity contribution >= 4 is 23.8 Å². The second-order valence-electron chi connectivity index (χ2n) is 4.80. The molecule has 116 valence electrons. The average molecular weight is 313 g/mol. The number of amides is 2. The number of hydrogen-bond acceptors (Lipinski definition) is 5. The summed E-state index contributed by atoms with van der Waals surface area (Å²) in [6, 6.07) is -0.209. The molecule has 8 nitrogen and oxygen atoms in total. The van der Waals surface area contributed by atoms with Crippen molar-refractivity contribution in [2.24, 2.45) is 0 Å². The molecule has 1 fully saturated rings. The van der Waals surface area contributed by atoms with Gasteiger partial charge in [-0.1, -0.05) is 11.6 Å². The highest BCUT2D eigenvalue weighted by atomic mass is 32.2. The van der Waals surface area contributed by atoms with Crippen LogP contribution in [0.25, 0.3) is 0 Å². The number of nitrogens with zero attached hydrogens (tertiary/aromatic N) is 3. The maximum atomic E-state index is 11.6. The molecule has 21 heavy (non-hydrogen) atoms. The van der Waals surface area contributed by atoms with Gasteiger partial charge in [-0.2, -0.15) is 11.8 Å². The van der Waals surface area contributed by atoms with E-state index in [1.807, 2.05) is 11.8 Å². The van der Waals surface area contributed by atoms with Crippen LogP contribution < -0.4 is 10.6 Å². The van der Waals surface area contributed by atoms with Crippen LogP contribution in [0.15, 0.2) is 6.20 Å². The van der Waals surface area contributed by atoms with Crippen molar-refractivity contribution in [1.82, 2.24) is 25.6 Å². The van der Waals surface area contributed by atoms with Gasteiger partial charge in [-0.25, -0.2) is 14.3 Å². The molecule has 0 aromatic carbocycles. The van der Waals surface area contributed by atoms with E-state index in [-0.39, 0.29) is 11.7 Å². The smallest absolute Gasteiger partial charge is 0.358 e. The van der Waals surface area contributed by atoms with Crippen molar-refractivity contribution in [3.05, 3.63) is 11.9 Å². The molecule has 9 heteroatoms. The van der Waals surface area contributed by atoms with Gasteiger partial charge in [0, 0.05) is 18.3 Å². The molecule has 2 rings (SSSR count). The molecular formula is C12H19N5O3S. The number of carboxylic acid groups (broad SMARTS) is 1. The van der Waals surface area contributed by atoms with E-state index in [0.717, 1.165) is 6.42 Å². The third-order valence-corrected chi connectivity index (χ3v) is 4.55. The van der Waals surface area contributed by atoms with Gasteiger partial charge < -0.3 is 15.7 Å². The lowest BCUT2D eigenvalue weighted by Gasteiger charge is -2.21. The number of hydrogen-bond donors (Lipinski definition) is 3. The zero-order valence-corrected chi connectivity index (χ0v) is 12.4. The Morgan fingerprint density at radius 2 is 2.29 bits per heavy atom. The van der Waals surface area contributed by atoms with Gasteiger partial charge in [-0.15, -0.1) is 5.10 Å². The molecule has 0 spiro atoms. The molecule has 1 saturated heterocycles. The second-order valence-corrected chi connectivity index (χ2v) is 6.21. The van der Waals surface area contributed by atoms with Crippen LogP contribution in [0.1, 0.15) is 29.8 Å². The number of aromatic carboxylic acids is 1. The summed E-state index contributed by atoms with van der Waals surface area (Å²) < 4.78 is 1.39. The summed E-state index contributed by atoms with van der Waals surface area (Å²) in [5, 5.41) is 21.9. The first kappa shape index (κ1) is 15.6. The maximum absolute atomic E-state index is 11.6. The van der Waals surface area contributed by atoms with E-state index in [9.17, 15) is 9.59 Å². The third-order valence-electron chi connectivity index (χ3n) is 3.15. The largest absolute Gasteiger partial charge is 0.476 e. The third kappa shape index (κ3) is 5.25. The monoisotopic (exact) mass is 313 g/mol. The molecule has 1 aliphatic rings. The van der Waals surface area contributed by atoms with Crippen LogP contribution in [-0.4, -0.2) is 56.2 Å². The van der Waals surface area contributed by atoms with Crippen LogP contribution in [-0.2, 0) is 6.54 Å². The van der Waals surface area contributed by atoms with Crippen LogP contribution >= 0.6 is 11.8 Å². The zero-order chi connectivity index (χ0) is 15.1. The molecule has 1 aliphatic heterocycles. The topological polar surface area (TPSA) is 109 Å². The van der Waals surface area contributed by atoms with Crippen molar-refractivity contribution in [3.63, 3.8) is 0 Å². The molecule has 0 bridgehead atoms. The summed E-state index contributed by atoms with van der Waals surface area (Å²) in [6.45, 7) is 1.43. The van der Waals surface area contributed by atoms with Gasteiger partial charge >= 0.3 is 12.0 Å². The van der Waals surface area contributed by atoms with Gasteiger partial charge in [-0.3, -0.25) is 0 Å². The standard InChI is InChI=1S/C12H19N5O3S/c18-11(19)10-8-17(16-15-10)5-4-13-12(20)14-7-9-3-1-2-6-21-9/h8-9H,1-7H2,(H,18,19)(H2,13,14,20). The number of aromatic nitrogens is 3. The SMILES string of the molecule is O=C(NCCn1cc(C(=O)O)nn1)NCC1CCCCS1. The van der Waals surface area contributed by atoms with Crippen LogP contribution in [0.2, 0.25) is 0 Å². The van der Waals surface area contributed by atoms with E-state index in [2.05, 4.69) is 20.9 Å². The number of carbonyl (C=O) groups is 2. The quantitative estimate of drug-likeness (QED) is 0.708. The number of urea groups is 1. The van der Waals surface area contributed by atoms with Crippen molar-refractivity contribution in [2.75, 3.05) is 18.8 Å².